The molecule has 0 aliphatic heterocycles. The van der Waals surface area contributed by atoms with Gasteiger partial charge in [0, 0.05) is 0 Å². The smallest absolute Gasteiger partial charge is 0.0814 e. The molecule has 0 bridgehead atoms. The summed E-state index contributed by atoms with van der Waals surface area (Å²) >= 11 is 0. The van der Waals surface area contributed by atoms with Crippen molar-refractivity contribution in [1.82, 2.24) is 0 Å². The molecule has 0 amide bonds. The lowest BCUT2D eigenvalue weighted by molar-refractivity contribution is 1.48. The van der Waals surface area contributed by atoms with E-state index in [0.717, 1.165) is 0 Å². The van der Waals surface area contributed by atoms with Gasteiger partial charge in [0.25, 0.3) is 0 Å². The zero-order valence-electron chi connectivity index (χ0n) is 9.20. The monoisotopic (exact) mass is 193 g/mol. The molecule has 0 aromatic heterocycles. The minimum absolute atomic E-state index is 1.25. The molecule has 0 fully saturated rings. The molecule has 0 atom stereocenters. The molecule has 73 valence electrons. The Labute approximate surface area is 92.2 Å². The Morgan fingerprint density at radius 3 is 1.27 bits per heavy atom. The van der Waals surface area contributed by atoms with Gasteiger partial charge >= 0.3 is 0 Å². The van der Waals surface area contributed by atoms with Crippen LogP contribution in [0.3, 0.4) is 0 Å². The highest BCUT2D eigenvalue weighted by Crippen LogP contribution is 1.94. The fourth-order valence-electron chi connectivity index (χ4n) is 1.52. The van der Waals surface area contributed by atoms with E-state index >= 15 is 0 Å². The minimum atomic E-state index is 1.25. The largest absolute Gasteiger partial charge is 0.191 e. The lowest BCUT2D eigenvalue weighted by Crippen LogP contribution is -2.26. The summed E-state index contributed by atoms with van der Waals surface area (Å²) in [6.07, 6.45) is 0. The minimum Gasteiger partial charge on any atom is -0.0814 e. The van der Waals surface area contributed by atoms with Crippen LogP contribution in [-0.4, -0.2) is 7.28 Å². The normalized spacial score (nSPS) is 10.0. The van der Waals surface area contributed by atoms with Gasteiger partial charge in [0.05, 0.1) is 0 Å². The van der Waals surface area contributed by atoms with Crippen molar-refractivity contribution in [2.24, 2.45) is 0 Å². The topological polar surface area (TPSA) is 0 Å². The molecule has 0 aliphatic rings. The van der Waals surface area contributed by atoms with Gasteiger partial charge in [-0.2, -0.15) is 0 Å². The zero-order chi connectivity index (χ0) is 10.7. The third kappa shape index (κ3) is 2.72. The van der Waals surface area contributed by atoms with E-state index in [1.807, 2.05) is 0 Å². The van der Waals surface area contributed by atoms with Crippen molar-refractivity contribution < 1.29 is 0 Å². The maximum absolute atomic E-state index is 2.19. The van der Waals surface area contributed by atoms with E-state index < -0.39 is 0 Å². The van der Waals surface area contributed by atoms with Crippen molar-refractivity contribution in [2.75, 3.05) is 0 Å². The average molecular weight is 193 g/mol. The molecule has 0 heterocycles. The first kappa shape index (κ1) is 10.0. The van der Waals surface area contributed by atoms with E-state index in [-0.39, 0.29) is 0 Å². The van der Waals surface area contributed by atoms with Gasteiger partial charge in [0.2, 0.25) is 0 Å². The summed E-state index contributed by atoms with van der Waals surface area (Å²) in [5.41, 5.74) is 5.11. The number of aryl methyl sites for hydroxylation is 2. The second kappa shape index (κ2) is 4.35. The van der Waals surface area contributed by atoms with Gasteiger partial charge in [-0.05, 0) is 13.8 Å². The molecule has 2 rings (SSSR count). The van der Waals surface area contributed by atoms with Gasteiger partial charge in [-0.15, -0.1) is 0 Å². The average Bonchev–Trinajstić information content (AvgIpc) is 2.25. The molecule has 0 aliphatic carbocycles. The summed E-state index contributed by atoms with van der Waals surface area (Å²) in [7, 11) is 2.19. The van der Waals surface area contributed by atoms with Crippen LogP contribution in [0.25, 0.3) is 0 Å². The van der Waals surface area contributed by atoms with E-state index in [1.165, 1.54) is 22.1 Å². The Kier molecular flexibility index (Phi) is 2.91. The predicted molar refractivity (Wildman–Crippen MR) is 67.4 cm³/mol. The summed E-state index contributed by atoms with van der Waals surface area (Å²) in [6.45, 7) is 4.21. The van der Waals surface area contributed by atoms with E-state index in [9.17, 15) is 0 Å². The summed E-state index contributed by atoms with van der Waals surface area (Å²) in [6, 6.07) is 17.1. The Balaban J connectivity index is 2.15. The van der Waals surface area contributed by atoms with E-state index in [1.54, 1.807) is 0 Å². The van der Waals surface area contributed by atoms with Crippen LogP contribution >= 0.6 is 0 Å². The molecule has 0 saturated carbocycles. The molecular weight excluding hydrogens is 179 g/mol. The van der Waals surface area contributed by atoms with Gasteiger partial charge in [-0.3, -0.25) is 0 Å². The second-order valence-corrected chi connectivity index (χ2v) is 3.97. The van der Waals surface area contributed by atoms with Crippen molar-refractivity contribution >= 4 is 18.2 Å². The molecule has 0 unspecified atom stereocenters. The highest BCUT2D eigenvalue weighted by atomic mass is 13.9. The summed E-state index contributed by atoms with van der Waals surface area (Å²) < 4.78 is 0. The van der Waals surface area contributed by atoms with Crippen LogP contribution in [0, 0.1) is 13.8 Å². The van der Waals surface area contributed by atoms with Crippen molar-refractivity contribution in [3.63, 3.8) is 0 Å². The van der Waals surface area contributed by atoms with Crippen LogP contribution in [0.4, 0.5) is 0 Å². The van der Waals surface area contributed by atoms with Crippen LogP contribution in [0.2, 0.25) is 0 Å². The van der Waals surface area contributed by atoms with Crippen LogP contribution in [0.15, 0.2) is 48.5 Å². The second-order valence-electron chi connectivity index (χ2n) is 3.97. The lowest BCUT2D eigenvalue weighted by Gasteiger charge is -2.01. The van der Waals surface area contributed by atoms with Gasteiger partial charge in [-0.25, -0.2) is 0 Å². The van der Waals surface area contributed by atoms with Crippen molar-refractivity contribution in [3.05, 3.63) is 59.7 Å². The molecule has 15 heavy (non-hydrogen) atoms. The van der Waals surface area contributed by atoms with Crippen LogP contribution in [0.1, 0.15) is 11.1 Å². The first-order valence-corrected chi connectivity index (χ1v) is 5.22. The summed E-state index contributed by atoms with van der Waals surface area (Å²) in [5, 5.41) is 0. The number of hydrogen-bond acceptors (Lipinski definition) is 0. The molecular formula is C14H14B. The summed E-state index contributed by atoms with van der Waals surface area (Å²) in [4.78, 5) is 0. The highest BCUT2D eigenvalue weighted by molar-refractivity contribution is 6.67. The first-order chi connectivity index (χ1) is 7.24. The molecule has 1 radical (unpaired) electrons. The molecule has 0 saturated heterocycles. The zero-order valence-corrected chi connectivity index (χ0v) is 9.20. The SMILES string of the molecule is Cc1ccc([B]c2ccc(C)cc2)cc1. The van der Waals surface area contributed by atoms with Crippen molar-refractivity contribution in [2.45, 2.75) is 13.8 Å². The van der Waals surface area contributed by atoms with Crippen LogP contribution in [-0.2, 0) is 0 Å². The molecule has 0 N–H and O–H groups in total. The first-order valence-electron chi connectivity index (χ1n) is 5.22. The number of hydrogen-bond donors (Lipinski definition) is 0. The van der Waals surface area contributed by atoms with E-state index in [0.29, 0.717) is 0 Å². The Morgan fingerprint density at radius 2 is 0.933 bits per heavy atom. The van der Waals surface area contributed by atoms with Gasteiger partial charge < -0.3 is 0 Å². The third-order valence-electron chi connectivity index (χ3n) is 2.49. The Bertz CT molecular complexity index is 382. The third-order valence-corrected chi connectivity index (χ3v) is 2.49. The molecule has 1 heteroatoms. The molecule has 0 spiro atoms. The number of benzene rings is 2. The van der Waals surface area contributed by atoms with Gasteiger partial charge in [0.1, 0.15) is 0 Å². The quantitative estimate of drug-likeness (QED) is 0.639. The maximum Gasteiger partial charge on any atom is 0.191 e. The standard InChI is InChI=1S/C14H14B/c1-11-3-7-13(8-4-11)15-14-9-5-12(2)6-10-14/h3-10H,1-2H3. The van der Waals surface area contributed by atoms with Gasteiger partial charge in [-0.1, -0.05) is 70.6 Å². The Hall–Kier alpha value is -1.50. The fraction of sp³-hybridized carbons (Fsp3) is 0.143. The molecule has 2 aromatic rings. The van der Waals surface area contributed by atoms with E-state index in [2.05, 4.69) is 69.7 Å². The van der Waals surface area contributed by atoms with Crippen LogP contribution < -0.4 is 10.9 Å². The summed E-state index contributed by atoms with van der Waals surface area (Å²) in [5.74, 6) is 0. The van der Waals surface area contributed by atoms with Crippen LogP contribution in [0.5, 0.6) is 0 Å². The lowest BCUT2D eigenvalue weighted by atomic mass is 9.64. The maximum atomic E-state index is 2.19. The Morgan fingerprint density at radius 1 is 0.600 bits per heavy atom. The fourth-order valence-corrected chi connectivity index (χ4v) is 1.52. The number of rotatable bonds is 2. The molecule has 2 aromatic carbocycles. The van der Waals surface area contributed by atoms with Gasteiger partial charge in [0.15, 0.2) is 7.28 Å². The molecule has 0 nitrogen and oxygen atoms in total. The van der Waals surface area contributed by atoms with Crippen molar-refractivity contribution in [1.29, 1.82) is 0 Å². The highest BCUT2D eigenvalue weighted by Gasteiger charge is 1.97. The van der Waals surface area contributed by atoms with Crippen molar-refractivity contribution in [3.8, 4) is 0 Å². The van der Waals surface area contributed by atoms with E-state index in [4.69, 9.17) is 0 Å². The predicted octanol–water partition coefficient (Wildman–Crippen LogP) is 1.96.